The second-order valence-electron chi connectivity index (χ2n) is 5.11. The minimum absolute atomic E-state index is 0.108. The third-order valence-corrected chi connectivity index (χ3v) is 3.65. The van der Waals surface area contributed by atoms with Gasteiger partial charge in [-0.05, 0) is 38.1 Å². The summed E-state index contributed by atoms with van der Waals surface area (Å²) in [4.78, 5) is 18.6. The first-order chi connectivity index (χ1) is 9.83. The molecule has 0 unspecified atom stereocenters. The van der Waals surface area contributed by atoms with Gasteiger partial charge in [-0.15, -0.1) is 0 Å². The minimum Gasteiger partial charge on any atom is -0.476 e. The van der Waals surface area contributed by atoms with Crippen molar-refractivity contribution in [2.75, 3.05) is 26.2 Å². The molecule has 0 saturated carbocycles. The van der Waals surface area contributed by atoms with Crippen LogP contribution in [0.3, 0.4) is 0 Å². The number of nitrogens with zero attached hydrogens (tertiary/aromatic N) is 3. The summed E-state index contributed by atoms with van der Waals surface area (Å²) in [6.07, 6.45) is 5.59. The lowest BCUT2D eigenvalue weighted by Crippen LogP contribution is -2.33. The molecule has 1 aliphatic heterocycles. The fraction of sp³-hybridized carbons (Fsp3) is 0.467. The number of pyridine rings is 1. The fourth-order valence-corrected chi connectivity index (χ4v) is 2.57. The molecule has 106 valence electrons. The highest BCUT2D eigenvalue weighted by Crippen LogP contribution is 2.09. The van der Waals surface area contributed by atoms with Crippen molar-refractivity contribution in [3.05, 3.63) is 40.8 Å². The third-order valence-electron chi connectivity index (χ3n) is 3.65. The van der Waals surface area contributed by atoms with E-state index in [1.54, 1.807) is 12.3 Å². The molecule has 20 heavy (non-hydrogen) atoms. The second-order valence-corrected chi connectivity index (χ2v) is 5.11. The van der Waals surface area contributed by atoms with Gasteiger partial charge in [0.05, 0.1) is 6.07 Å². The maximum Gasteiger partial charge on any atom is 0.261 e. The zero-order chi connectivity index (χ0) is 13.8. The van der Waals surface area contributed by atoms with Gasteiger partial charge in [0.2, 0.25) is 5.88 Å². The lowest BCUT2D eigenvalue weighted by Gasteiger charge is -2.25. The summed E-state index contributed by atoms with van der Waals surface area (Å²) in [6, 6.07) is 6.92. The number of ether oxygens (including phenoxy) is 1. The van der Waals surface area contributed by atoms with Crippen molar-refractivity contribution in [1.29, 1.82) is 0 Å². The standard InChI is InChI=1S/C15H19N3O2/c19-15-12-14(16-13-6-2-5-9-18(13)15)20-11-10-17-7-3-1-4-8-17/h2,5-6,9,12H,1,3-4,7-8,10-11H2. The molecular weight excluding hydrogens is 254 g/mol. The summed E-state index contributed by atoms with van der Waals surface area (Å²) in [7, 11) is 0. The van der Waals surface area contributed by atoms with Crippen LogP contribution in [0.2, 0.25) is 0 Å². The molecule has 0 bridgehead atoms. The SMILES string of the molecule is O=c1cc(OCCN2CCCCC2)nc2ccccn12. The first-order valence-corrected chi connectivity index (χ1v) is 7.16. The van der Waals surface area contributed by atoms with Crippen molar-refractivity contribution in [2.24, 2.45) is 0 Å². The Kier molecular flexibility index (Phi) is 3.97. The molecule has 5 heteroatoms. The van der Waals surface area contributed by atoms with Gasteiger partial charge in [-0.3, -0.25) is 14.1 Å². The van der Waals surface area contributed by atoms with E-state index < -0.39 is 0 Å². The molecule has 3 rings (SSSR count). The number of hydrogen-bond acceptors (Lipinski definition) is 4. The van der Waals surface area contributed by atoms with E-state index in [0.717, 1.165) is 19.6 Å². The average molecular weight is 273 g/mol. The van der Waals surface area contributed by atoms with E-state index in [0.29, 0.717) is 18.1 Å². The first-order valence-electron chi connectivity index (χ1n) is 7.16. The van der Waals surface area contributed by atoms with Crippen molar-refractivity contribution >= 4 is 5.65 Å². The Morgan fingerprint density at radius 2 is 2.05 bits per heavy atom. The molecule has 2 aromatic rings. The monoisotopic (exact) mass is 273 g/mol. The number of fused-ring (bicyclic) bond motifs is 1. The molecular formula is C15H19N3O2. The molecule has 0 radical (unpaired) electrons. The maximum absolute atomic E-state index is 11.9. The molecule has 0 N–H and O–H groups in total. The van der Waals surface area contributed by atoms with Gasteiger partial charge in [-0.2, -0.15) is 4.98 Å². The van der Waals surface area contributed by atoms with E-state index in [2.05, 4.69) is 9.88 Å². The van der Waals surface area contributed by atoms with Crippen molar-refractivity contribution in [3.8, 4) is 5.88 Å². The van der Waals surface area contributed by atoms with E-state index in [1.807, 2.05) is 12.1 Å². The van der Waals surface area contributed by atoms with Crippen LogP contribution in [-0.2, 0) is 0 Å². The van der Waals surface area contributed by atoms with Crippen LogP contribution in [0.25, 0.3) is 5.65 Å². The fourth-order valence-electron chi connectivity index (χ4n) is 2.57. The molecule has 1 aliphatic rings. The summed E-state index contributed by atoms with van der Waals surface area (Å²) < 4.78 is 7.14. The largest absolute Gasteiger partial charge is 0.476 e. The van der Waals surface area contributed by atoms with Crippen LogP contribution in [0.1, 0.15) is 19.3 Å². The summed E-state index contributed by atoms with van der Waals surface area (Å²) in [5, 5.41) is 0. The highest BCUT2D eigenvalue weighted by Gasteiger charge is 2.10. The molecule has 3 heterocycles. The molecule has 0 spiro atoms. The van der Waals surface area contributed by atoms with Gasteiger partial charge in [0.25, 0.3) is 5.56 Å². The Bertz CT molecular complexity index is 632. The van der Waals surface area contributed by atoms with Gasteiger partial charge in [-0.1, -0.05) is 12.5 Å². The Balaban J connectivity index is 1.64. The number of hydrogen-bond donors (Lipinski definition) is 0. The maximum atomic E-state index is 11.9. The molecule has 0 atom stereocenters. The van der Waals surface area contributed by atoms with Gasteiger partial charge in [0, 0.05) is 12.7 Å². The second kappa shape index (κ2) is 6.05. The van der Waals surface area contributed by atoms with E-state index in [4.69, 9.17) is 4.74 Å². The van der Waals surface area contributed by atoms with Crippen molar-refractivity contribution < 1.29 is 4.74 Å². The van der Waals surface area contributed by atoms with Gasteiger partial charge < -0.3 is 4.74 Å². The number of aromatic nitrogens is 2. The number of rotatable bonds is 4. The first kappa shape index (κ1) is 13.1. The van der Waals surface area contributed by atoms with Gasteiger partial charge >= 0.3 is 0 Å². The Hall–Kier alpha value is -1.88. The van der Waals surface area contributed by atoms with Crippen LogP contribution in [0.15, 0.2) is 35.3 Å². The Labute approximate surface area is 117 Å². The summed E-state index contributed by atoms with van der Waals surface area (Å²) in [6.45, 7) is 3.78. The highest BCUT2D eigenvalue weighted by molar-refractivity contribution is 5.39. The van der Waals surface area contributed by atoms with Crippen LogP contribution in [0, 0.1) is 0 Å². The predicted octanol–water partition coefficient (Wildman–Crippen LogP) is 1.56. The van der Waals surface area contributed by atoms with Crippen molar-refractivity contribution in [1.82, 2.24) is 14.3 Å². The molecule has 5 nitrogen and oxygen atoms in total. The Morgan fingerprint density at radius 3 is 2.90 bits per heavy atom. The number of piperidine rings is 1. The molecule has 0 aliphatic carbocycles. The van der Waals surface area contributed by atoms with Crippen LogP contribution < -0.4 is 10.3 Å². The molecule has 0 aromatic carbocycles. The quantitative estimate of drug-likeness (QED) is 0.848. The zero-order valence-corrected chi connectivity index (χ0v) is 11.5. The van der Waals surface area contributed by atoms with E-state index in [9.17, 15) is 4.79 Å². The zero-order valence-electron chi connectivity index (χ0n) is 11.5. The minimum atomic E-state index is -0.108. The van der Waals surface area contributed by atoms with E-state index in [-0.39, 0.29) is 5.56 Å². The molecule has 0 amide bonds. The van der Waals surface area contributed by atoms with Crippen LogP contribution in [-0.4, -0.2) is 40.5 Å². The lowest BCUT2D eigenvalue weighted by molar-refractivity contribution is 0.180. The van der Waals surface area contributed by atoms with E-state index >= 15 is 0 Å². The van der Waals surface area contributed by atoms with Gasteiger partial charge in [0.15, 0.2) is 0 Å². The van der Waals surface area contributed by atoms with Gasteiger partial charge in [-0.25, -0.2) is 0 Å². The molecule has 1 fully saturated rings. The Morgan fingerprint density at radius 1 is 1.20 bits per heavy atom. The molecule has 2 aromatic heterocycles. The smallest absolute Gasteiger partial charge is 0.261 e. The predicted molar refractivity (Wildman–Crippen MR) is 77.2 cm³/mol. The van der Waals surface area contributed by atoms with Crippen molar-refractivity contribution in [2.45, 2.75) is 19.3 Å². The van der Waals surface area contributed by atoms with E-state index in [1.165, 1.54) is 29.7 Å². The average Bonchev–Trinajstić information content (AvgIpc) is 2.48. The highest BCUT2D eigenvalue weighted by atomic mass is 16.5. The third kappa shape index (κ3) is 2.99. The summed E-state index contributed by atoms with van der Waals surface area (Å²) in [5.74, 6) is 0.415. The van der Waals surface area contributed by atoms with Gasteiger partial charge in [0.1, 0.15) is 12.3 Å². The van der Waals surface area contributed by atoms with Crippen LogP contribution in [0.5, 0.6) is 5.88 Å². The van der Waals surface area contributed by atoms with Crippen molar-refractivity contribution in [3.63, 3.8) is 0 Å². The lowest BCUT2D eigenvalue weighted by atomic mass is 10.1. The van der Waals surface area contributed by atoms with Crippen LogP contribution in [0.4, 0.5) is 0 Å². The summed E-state index contributed by atoms with van der Waals surface area (Å²) in [5.41, 5.74) is 0.511. The normalized spacial score (nSPS) is 16.4. The topological polar surface area (TPSA) is 46.8 Å². The summed E-state index contributed by atoms with van der Waals surface area (Å²) >= 11 is 0. The number of likely N-dealkylation sites (tertiary alicyclic amines) is 1. The van der Waals surface area contributed by atoms with Crippen LogP contribution >= 0.6 is 0 Å². The molecule has 1 saturated heterocycles.